The van der Waals surface area contributed by atoms with Crippen LogP contribution in [0.15, 0.2) is 47.5 Å². The first kappa shape index (κ1) is 12.9. The molecule has 2 aromatic carbocycles. The largest absolute Gasteiger partial charge is 0.494 e. The van der Waals surface area contributed by atoms with Crippen molar-refractivity contribution < 1.29 is 5.11 Å². The summed E-state index contributed by atoms with van der Waals surface area (Å²) in [5.41, 5.74) is 3.96. The first-order chi connectivity index (χ1) is 10.2. The minimum atomic E-state index is 0.108. The summed E-state index contributed by atoms with van der Waals surface area (Å²) in [5.74, 6) is 0.108. The van der Waals surface area contributed by atoms with Crippen molar-refractivity contribution in [2.45, 2.75) is 6.92 Å². The zero-order chi connectivity index (χ0) is 14.8. The lowest BCUT2D eigenvalue weighted by Gasteiger charge is -1.97. The molecule has 0 atom stereocenters. The minimum Gasteiger partial charge on any atom is -0.494 e. The number of aromatic hydroxyl groups is 1. The number of aryl methyl sites for hydroxylation is 1. The van der Waals surface area contributed by atoms with Crippen molar-refractivity contribution >= 4 is 22.8 Å². The maximum Gasteiger partial charge on any atom is 0.198 e. The molecule has 0 aliphatic carbocycles. The van der Waals surface area contributed by atoms with Gasteiger partial charge >= 0.3 is 0 Å². The topological polar surface area (TPSA) is 72.2 Å². The molecule has 21 heavy (non-hydrogen) atoms. The van der Waals surface area contributed by atoms with Crippen LogP contribution < -0.4 is 0 Å². The molecule has 0 spiro atoms. The first-order valence-electron chi connectivity index (χ1n) is 6.53. The summed E-state index contributed by atoms with van der Waals surface area (Å²) in [6.07, 6.45) is 1.64. The fourth-order valence-corrected chi connectivity index (χ4v) is 2.33. The van der Waals surface area contributed by atoms with Gasteiger partial charge in [0.15, 0.2) is 5.88 Å². The van der Waals surface area contributed by atoms with Crippen molar-refractivity contribution in [2.75, 3.05) is 0 Å². The van der Waals surface area contributed by atoms with Gasteiger partial charge in [0.25, 0.3) is 0 Å². The van der Waals surface area contributed by atoms with Crippen LogP contribution in [0.5, 0.6) is 5.88 Å². The van der Waals surface area contributed by atoms with Gasteiger partial charge in [-0.25, -0.2) is 0 Å². The molecule has 4 heteroatoms. The van der Waals surface area contributed by atoms with Crippen molar-refractivity contribution in [1.29, 1.82) is 5.26 Å². The number of nitrogens with zero attached hydrogens (tertiary/aromatic N) is 2. The molecule has 1 heterocycles. The Balaban J connectivity index is 2.03. The van der Waals surface area contributed by atoms with E-state index in [9.17, 15) is 5.11 Å². The van der Waals surface area contributed by atoms with Gasteiger partial charge in [0, 0.05) is 17.1 Å². The zero-order valence-electron chi connectivity index (χ0n) is 11.5. The molecule has 2 N–H and O–H groups in total. The molecule has 0 radical (unpaired) electrons. The number of fused-ring (bicyclic) bond motifs is 1. The Hall–Kier alpha value is -3.06. The Morgan fingerprint density at radius 3 is 2.67 bits per heavy atom. The second-order valence-electron chi connectivity index (χ2n) is 4.80. The van der Waals surface area contributed by atoms with E-state index < -0.39 is 0 Å². The van der Waals surface area contributed by atoms with E-state index in [-0.39, 0.29) is 5.88 Å². The average Bonchev–Trinajstić information content (AvgIpc) is 2.82. The lowest BCUT2D eigenvalue weighted by molar-refractivity contribution is 0.457. The predicted octanol–water partition coefficient (Wildman–Crippen LogP) is 3.80. The van der Waals surface area contributed by atoms with Crippen LogP contribution in [0.25, 0.3) is 10.9 Å². The molecule has 0 saturated carbocycles. The van der Waals surface area contributed by atoms with E-state index in [0.29, 0.717) is 11.1 Å². The molecule has 0 fully saturated rings. The van der Waals surface area contributed by atoms with Gasteiger partial charge in [0.1, 0.15) is 0 Å². The average molecular weight is 275 g/mol. The SMILES string of the molecule is Cc1cccc2[nH]c(O)c(C=Nc3ccc(C#N)cc3)c12. The fraction of sp³-hybridized carbons (Fsp3) is 0.0588. The van der Waals surface area contributed by atoms with Gasteiger partial charge in [-0.15, -0.1) is 0 Å². The summed E-state index contributed by atoms with van der Waals surface area (Å²) in [5, 5.41) is 19.8. The Morgan fingerprint density at radius 1 is 1.19 bits per heavy atom. The highest BCUT2D eigenvalue weighted by molar-refractivity contribution is 6.04. The standard InChI is InChI=1S/C17H13N3O/c1-11-3-2-4-15-16(11)14(17(21)20-15)10-19-13-7-5-12(9-18)6-8-13/h2-8,10,20-21H,1H3. The van der Waals surface area contributed by atoms with E-state index in [1.54, 1.807) is 30.5 Å². The molecule has 0 saturated heterocycles. The van der Waals surface area contributed by atoms with Gasteiger partial charge in [-0.2, -0.15) is 5.26 Å². The maximum atomic E-state index is 10.0. The predicted molar refractivity (Wildman–Crippen MR) is 83.1 cm³/mol. The quantitative estimate of drug-likeness (QED) is 0.698. The van der Waals surface area contributed by atoms with Crippen LogP contribution in [-0.4, -0.2) is 16.3 Å². The van der Waals surface area contributed by atoms with Gasteiger partial charge in [-0.1, -0.05) is 12.1 Å². The maximum absolute atomic E-state index is 10.0. The summed E-state index contributed by atoms with van der Waals surface area (Å²) in [7, 11) is 0. The highest BCUT2D eigenvalue weighted by Crippen LogP contribution is 2.28. The first-order valence-corrected chi connectivity index (χ1v) is 6.53. The summed E-state index contributed by atoms with van der Waals surface area (Å²) >= 11 is 0. The summed E-state index contributed by atoms with van der Waals surface area (Å²) in [6.45, 7) is 1.99. The Labute approximate surface area is 122 Å². The van der Waals surface area contributed by atoms with Crippen LogP contribution in [0.4, 0.5) is 5.69 Å². The highest BCUT2D eigenvalue weighted by atomic mass is 16.3. The van der Waals surface area contributed by atoms with Crippen LogP contribution in [0.3, 0.4) is 0 Å². The molecule has 0 bridgehead atoms. The van der Waals surface area contributed by atoms with E-state index >= 15 is 0 Å². The van der Waals surface area contributed by atoms with E-state index in [1.807, 2.05) is 25.1 Å². The highest BCUT2D eigenvalue weighted by Gasteiger charge is 2.10. The van der Waals surface area contributed by atoms with Crippen LogP contribution in [-0.2, 0) is 0 Å². The molecule has 0 unspecified atom stereocenters. The molecule has 1 aromatic heterocycles. The number of nitrogens with one attached hydrogen (secondary N) is 1. The second-order valence-corrected chi connectivity index (χ2v) is 4.80. The summed E-state index contributed by atoms with van der Waals surface area (Å²) < 4.78 is 0. The molecule has 4 nitrogen and oxygen atoms in total. The monoisotopic (exact) mass is 275 g/mol. The van der Waals surface area contributed by atoms with Crippen molar-refractivity contribution in [3.63, 3.8) is 0 Å². The van der Waals surface area contributed by atoms with Crippen molar-refractivity contribution in [3.8, 4) is 11.9 Å². The van der Waals surface area contributed by atoms with Gasteiger partial charge in [-0.3, -0.25) is 4.99 Å². The molecule has 0 aliphatic heterocycles. The molecule has 0 aliphatic rings. The minimum absolute atomic E-state index is 0.108. The molecule has 3 aromatic rings. The van der Waals surface area contributed by atoms with Gasteiger partial charge < -0.3 is 10.1 Å². The Morgan fingerprint density at radius 2 is 1.95 bits per heavy atom. The Bertz CT molecular complexity index is 867. The third-order valence-corrected chi connectivity index (χ3v) is 3.39. The van der Waals surface area contributed by atoms with Gasteiger partial charge in [0.2, 0.25) is 0 Å². The number of nitriles is 1. The molecule has 102 valence electrons. The van der Waals surface area contributed by atoms with E-state index in [1.165, 1.54) is 0 Å². The van der Waals surface area contributed by atoms with Crippen LogP contribution >= 0.6 is 0 Å². The molecule has 0 amide bonds. The van der Waals surface area contributed by atoms with E-state index in [0.717, 1.165) is 22.2 Å². The van der Waals surface area contributed by atoms with Crippen LogP contribution in [0, 0.1) is 18.3 Å². The number of aliphatic imine (C=N–C) groups is 1. The smallest absolute Gasteiger partial charge is 0.198 e. The second kappa shape index (κ2) is 5.14. The number of rotatable bonds is 2. The molecular weight excluding hydrogens is 262 g/mol. The Kier molecular flexibility index (Phi) is 3.17. The van der Waals surface area contributed by atoms with Gasteiger partial charge in [-0.05, 0) is 42.8 Å². The number of hydrogen-bond donors (Lipinski definition) is 2. The molecular formula is C17H13N3O. The number of benzene rings is 2. The van der Waals surface area contributed by atoms with Gasteiger partial charge in [0.05, 0.1) is 22.9 Å². The third kappa shape index (κ3) is 2.37. The number of aromatic nitrogens is 1. The van der Waals surface area contributed by atoms with Crippen molar-refractivity contribution in [2.24, 2.45) is 4.99 Å². The lowest BCUT2D eigenvalue weighted by atomic mass is 10.1. The third-order valence-electron chi connectivity index (χ3n) is 3.39. The van der Waals surface area contributed by atoms with Crippen molar-refractivity contribution in [3.05, 3.63) is 59.2 Å². The number of H-pyrrole nitrogens is 1. The lowest BCUT2D eigenvalue weighted by Crippen LogP contribution is -1.82. The van der Waals surface area contributed by atoms with Crippen molar-refractivity contribution in [1.82, 2.24) is 4.98 Å². The number of hydrogen-bond acceptors (Lipinski definition) is 3. The summed E-state index contributed by atoms with van der Waals surface area (Å²) in [4.78, 5) is 7.31. The zero-order valence-corrected chi connectivity index (χ0v) is 11.5. The van der Waals surface area contributed by atoms with E-state index in [4.69, 9.17) is 5.26 Å². The normalized spacial score (nSPS) is 11.0. The summed E-state index contributed by atoms with van der Waals surface area (Å²) in [6, 6.07) is 14.9. The van der Waals surface area contributed by atoms with E-state index in [2.05, 4.69) is 16.0 Å². The van der Waals surface area contributed by atoms with Crippen LogP contribution in [0.2, 0.25) is 0 Å². The number of aromatic amines is 1. The fourth-order valence-electron chi connectivity index (χ4n) is 2.33. The molecule has 3 rings (SSSR count). The van der Waals surface area contributed by atoms with Crippen LogP contribution in [0.1, 0.15) is 16.7 Å².